The number of primary sulfonamides is 1. The van der Waals surface area contributed by atoms with Crippen LogP contribution in [-0.2, 0) is 14.8 Å². The van der Waals surface area contributed by atoms with E-state index in [9.17, 15) is 17.6 Å². The summed E-state index contributed by atoms with van der Waals surface area (Å²) < 4.78 is 38.7. The topological polar surface area (TPSA) is 107 Å². The number of sulfonamides is 1. The molecule has 0 aliphatic rings. The summed E-state index contributed by atoms with van der Waals surface area (Å²) in [6.07, 6.45) is 4.71. The first kappa shape index (κ1) is 24.1. The number of aryl methyl sites for hydroxylation is 1. The molecule has 7 nitrogen and oxygen atoms in total. The van der Waals surface area contributed by atoms with Crippen LogP contribution in [0.4, 0.5) is 10.1 Å². The normalized spacial score (nSPS) is 11.7. The number of carbonyl (C=O) groups is 1. The monoisotopic (exact) mass is 490 g/mol. The van der Waals surface area contributed by atoms with Crippen molar-refractivity contribution in [3.8, 4) is 16.9 Å². The second-order valence-corrected chi connectivity index (χ2v) is 9.56. The lowest BCUT2D eigenvalue weighted by atomic mass is 10.1. The van der Waals surface area contributed by atoms with Crippen LogP contribution in [0.3, 0.4) is 0 Å². The first-order valence-electron chi connectivity index (χ1n) is 10.7. The molecule has 0 fully saturated rings. The standard InChI is InChI=1S/C26H23FN4O3S/c1-17-14-23(35(28,33)34)15-24(18(17)2)29-25(32)13-10-20-16-31(22-6-4-3-5-7-22)30-26(20)19-8-11-21(27)12-9-19/h3-16H,1-2H3,(H,29,32)(H2,28,33,34)/b13-10+. The first-order chi connectivity index (χ1) is 16.6. The molecule has 0 spiro atoms. The highest BCUT2D eigenvalue weighted by molar-refractivity contribution is 7.89. The van der Waals surface area contributed by atoms with Gasteiger partial charge >= 0.3 is 0 Å². The van der Waals surface area contributed by atoms with E-state index in [1.807, 2.05) is 30.3 Å². The maximum absolute atomic E-state index is 13.5. The fourth-order valence-corrected chi connectivity index (χ4v) is 4.14. The molecule has 9 heteroatoms. The lowest BCUT2D eigenvalue weighted by molar-refractivity contribution is -0.111. The number of halogens is 1. The fourth-order valence-electron chi connectivity index (χ4n) is 3.51. The molecule has 0 aliphatic heterocycles. The number of rotatable bonds is 6. The zero-order valence-corrected chi connectivity index (χ0v) is 19.9. The van der Waals surface area contributed by atoms with E-state index in [0.29, 0.717) is 28.1 Å². The van der Waals surface area contributed by atoms with E-state index in [1.165, 1.54) is 30.3 Å². The predicted octanol–water partition coefficient (Wildman–Crippen LogP) is 4.59. The van der Waals surface area contributed by atoms with Gasteiger partial charge in [0, 0.05) is 29.1 Å². The molecule has 3 aromatic carbocycles. The third-order valence-corrected chi connectivity index (χ3v) is 6.42. The number of carbonyl (C=O) groups excluding carboxylic acids is 1. The van der Waals surface area contributed by atoms with E-state index in [-0.39, 0.29) is 10.7 Å². The molecule has 178 valence electrons. The van der Waals surface area contributed by atoms with Crippen LogP contribution in [0.25, 0.3) is 23.0 Å². The minimum atomic E-state index is -3.93. The number of benzene rings is 3. The van der Waals surface area contributed by atoms with Gasteiger partial charge in [-0.25, -0.2) is 22.6 Å². The van der Waals surface area contributed by atoms with Gasteiger partial charge in [0.2, 0.25) is 15.9 Å². The largest absolute Gasteiger partial charge is 0.322 e. The van der Waals surface area contributed by atoms with Crippen molar-refractivity contribution in [2.45, 2.75) is 18.7 Å². The summed E-state index contributed by atoms with van der Waals surface area (Å²) in [6.45, 7) is 3.51. The fraction of sp³-hybridized carbons (Fsp3) is 0.0769. The van der Waals surface area contributed by atoms with Gasteiger partial charge in [-0.1, -0.05) is 18.2 Å². The summed E-state index contributed by atoms with van der Waals surface area (Å²) in [5.74, 6) is -0.823. The number of para-hydroxylation sites is 1. The summed E-state index contributed by atoms with van der Waals surface area (Å²) >= 11 is 0. The third kappa shape index (κ3) is 5.53. The lowest BCUT2D eigenvalue weighted by Gasteiger charge is -2.11. The van der Waals surface area contributed by atoms with Crippen LogP contribution in [-0.4, -0.2) is 24.1 Å². The van der Waals surface area contributed by atoms with Crippen LogP contribution in [0.1, 0.15) is 16.7 Å². The quantitative estimate of drug-likeness (QED) is 0.385. The molecular weight excluding hydrogens is 467 g/mol. The van der Waals surface area contributed by atoms with Crippen molar-refractivity contribution in [2.24, 2.45) is 5.14 Å². The number of nitrogens with one attached hydrogen (secondary N) is 1. The van der Waals surface area contributed by atoms with Gasteiger partial charge in [0.15, 0.2) is 0 Å². The Balaban J connectivity index is 1.67. The number of anilines is 1. The van der Waals surface area contributed by atoms with Gasteiger partial charge in [0.05, 0.1) is 16.3 Å². The maximum Gasteiger partial charge on any atom is 0.248 e. The molecule has 4 aromatic rings. The molecule has 0 radical (unpaired) electrons. The zero-order chi connectivity index (χ0) is 25.2. The maximum atomic E-state index is 13.5. The number of amides is 1. The smallest absolute Gasteiger partial charge is 0.248 e. The zero-order valence-electron chi connectivity index (χ0n) is 19.1. The van der Waals surface area contributed by atoms with E-state index in [0.717, 1.165) is 11.3 Å². The summed E-state index contributed by atoms with van der Waals surface area (Å²) in [7, 11) is -3.93. The second-order valence-electron chi connectivity index (χ2n) is 8.00. The minimum Gasteiger partial charge on any atom is -0.322 e. The van der Waals surface area contributed by atoms with E-state index in [4.69, 9.17) is 5.14 Å². The van der Waals surface area contributed by atoms with E-state index in [1.54, 1.807) is 42.9 Å². The number of hydrogen-bond donors (Lipinski definition) is 2. The molecule has 0 saturated heterocycles. The highest BCUT2D eigenvalue weighted by Gasteiger charge is 2.15. The Labute approximate surface area is 202 Å². The molecule has 4 rings (SSSR count). The molecule has 1 aromatic heterocycles. The van der Waals surface area contributed by atoms with E-state index >= 15 is 0 Å². The van der Waals surface area contributed by atoms with E-state index < -0.39 is 15.9 Å². The minimum absolute atomic E-state index is 0.0809. The van der Waals surface area contributed by atoms with Crippen molar-refractivity contribution in [3.05, 3.63) is 102 Å². The molecule has 3 N–H and O–H groups in total. The number of hydrogen-bond acceptors (Lipinski definition) is 4. The van der Waals surface area contributed by atoms with Gasteiger partial charge in [0.25, 0.3) is 0 Å². The average molecular weight is 491 g/mol. The van der Waals surface area contributed by atoms with Crippen molar-refractivity contribution in [1.82, 2.24) is 9.78 Å². The van der Waals surface area contributed by atoms with E-state index in [2.05, 4.69) is 10.4 Å². The third-order valence-electron chi connectivity index (χ3n) is 5.52. The number of nitrogens with two attached hydrogens (primary N) is 1. The summed E-state index contributed by atoms with van der Waals surface area (Å²) in [5.41, 5.74) is 4.48. The van der Waals surface area contributed by atoms with Crippen molar-refractivity contribution in [3.63, 3.8) is 0 Å². The number of nitrogens with zero attached hydrogens (tertiary/aromatic N) is 2. The van der Waals surface area contributed by atoms with Gasteiger partial charge in [-0.3, -0.25) is 4.79 Å². The first-order valence-corrected chi connectivity index (χ1v) is 12.2. The van der Waals surface area contributed by atoms with Crippen LogP contribution >= 0.6 is 0 Å². The summed E-state index contributed by atoms with van der Waals surface area (Å²) in [6, 6.07) is 18.2. The molecule has 0 aliphatic carbocycles. The second kappa shape index (κ2) is 9.65. The van der Waals surface area contributed by atoms with Gasteiger partial charge in [-0.05, 0) is 79.6 Å². The molecule has 0 saturated carbocycles. The molecular formula is C26H23FN4O3S. The van der Waals surface area contributed by atoms with Gasteiger partial charge in [-0.15, -0.1) is 0 Å². The highest BCUT2D eigenvalue weighted by atomic mass is 32.2. The van der Waals surface area contributed by atoms with Crippen LogP contribution < -0.4 is 10.5 Å². The molecule has 0 atom stereocenters. The van der Waals surface area contributed by atoms with Gasteiger partial charge in [0.1, 0.15) is 5.82 Å². The number of aromatic nitrogens is 2. The molecule has 0 bridgehead atoms. The average Bonchev–Trinajstić information content (AvgIpc) is 3.25. The molecule has 1 amide bonds. The highest BCUT2D eigenvalue weighted by Crippen LogP contribution is 2.26. The van der Waals surface area contributed by atoms with Crippen molar-refractivity contribution in [2.75, 3.05) is 5.32 Å². The molecule has 0 unspecified atom stereocenters. The molecule has 1 heterocycles. The van der Waals surface area contributed by atoms with Crippen molar-refractivity contribution >= 4 is 27.7 Å². The van der Waals surface area contributed by atoms with Gasteiger partial charge in [-0.2, -0.15) is 5.10 Å². The Morgan fingerprint density at radius 3 is 2.40 bits per heavy atom. The molecule has 35 heavy (non-hydrogen) atoms. The predicted molar refractivity (Wildman–Crippen MR) is 134 cm³/mol. The Bertz CT molecular complexity index is 1530. The summed E-state index contributed by atoms with van der Waals surface area (Å²) in [4.78, 5) is 12.6. The Kier molecular flexibility index (Phi) is 6.63. The van der Waals surface area contributed by atoms with Gasteiger partial charge < -0.3 is 5.32 Å². The van der Waals surface area contributed by atoms with Crippen LogP contribution in [0, 0.1) is 19.7 Å². The summed E-state index contributed by atoms with van der Waals surface area (Å²) in [5, 5.41) is 12.6. The Morgan fingerprint density at radius 2 is 1.74 bits per heavy atom. The lowest BCUT2D eigenvalue weighted by Crippen LogP contribution is -2.15. The Hall–Kier alpha value is -4.08. The van der Waals surface area contributed by atoms with Crippen molar-refractivity contribution in [1.29, 1.82) is 0 Å². The van der Waals surface area contributed by atoms with Crippen LogP contribution in [0.5, 0.6) is 0 Å². The SMILES string of the molecule is Cc1cc(S(N)(=O)=O)cc(NC(=O)/C=C/c2cn(-c3ccccc3)nc2-c2ccc(F)cc2)c1C. The Morgan fingerprint density at radius 1 is 1.06 bits per heavy atom. The van der Waals surface area contributed by atoms with Crippen LogP contribution in [0.2, 0.25) is 0 Å². The van der Waals surface area contributed by atoms with Crippen LogP contribution in [0.15, 0.2) is 83.9 Å². The van der Waals surface area contributed by atoms with Crippen molar-refractivity contribution < 1.29 is 17.6 Å².